The number of halogens is 1. The Morgan fingerprint density at radius 2 is 2.35 bits per heavy atom. The minimum atomic E-state index is -0.265. The first-order valence-corrected chi connectivity index (χ1v) is 7.75. The van der Waals surface area contributed by atoms with E-state index in [4.69, 9.17) is 0 Å². The first kappa shape index (κ1) is 13.5. The fraction of sp³-hybridized carbons (Fsp3) is 0.400. The summed E-state index contributed by atoms with van der Waals surface area (Å²) in [5, 5.41) is 7.26. The van der Waals surface area contributed by atoms with E-state index in [9.17, 15) is 9.18 Å². The van der Waals surface area contributed by atoms with Crippen LogP contribution in [-0.4, -0.2) is 25.0 Å². The molecule has 1 aromatic heterocycles. The SMILES string of the molecule is O=C(NCCC1CCCN1)c1cc2ccc(F)cc2s1. The van der Waals surface area contributed by atoms with Crippen molar-refractivity contribution in [2.75, 3.05) is 13.1 Å². The van der Waals surface area contributed by atoms with Gasteiger partial charge in [0.1, 0.15) is 5.82 Å². The summed E-state index contributed by atoms with van der Waals surface area (Å²) in [5.74, 6) is -0.330. The van der Waals surface area contributed by atoms with Crippen LogP contribution in [-0.2, 0) is 0 Å². The Morgan fingerprint density at radius 1 is 1.45 bits per heavy atom. The van der Waals surface area contributed by atoms with Crippen molar-refractivity contribution in [3.05, 3.63) is 35.0 Å². The molecule has 1 saturated heterocycles. The Hall–Kier alpha value is -1.46. The van der Waals surface area contributed by atoms with Crippen molar-refractivity contribution in [2.24, 2.45) is 0 Å². The van der Waals surface area contributed by atoms with Gasteiger partial charge >= 0.3 is 0 Å². The molecule has 2 heterocycles. The zero-order valence-electron chi connectivity index (χ0n) is 11.1. The maximum absolute atomic E-state index is 13.1. The number of benzene rings is 1. The molecule has 0 aliphatic carbocycles. The minimum Gasteiger partial charge on any atom is -0.351 e. The van der Waals surface area contributed by atoms with Crippen molar-refractivity contribution >= 4 is 27.3 Å². The fourth-order valence-electron chi connectivity index (χ4n) is 2.57. The molecule has 2 aromatic rings. The van der Waals surface area contributed by atoms with Gasteiger partial charge in [-0.15, -0.1) is 11.3 Å². The van der Waals surface area contributed by atoms with Crippen LogP contribution in [0, 0.1) is 5.82 Å². The molecule has 1 aromatic carbocycles. The molecule has 1 amide bonds. The van der Waals surface area contributed by atoms with Gasteiger partial charge in [-0.1, -0.05) is 6.07 Å². The van der Waals surface area contributed by atoms with Crippen LogP contribution in [0.15, 0.2) is 24.3 Å². The van der Waals surface area contributed by atoms with Crippen molar-refractivity contribution in [2.45, 2.75) is 25.3 Å². The van der Waals surface area contributed by atoms with Crippen LogP contribution in [0.2, 0.25) is 0 Å². The summed E-state index contributed by atoms with van der Waals surface area (Å²) in [7, 11) is 0. The van der Waals surface area contributed by atoms with E-state index in [0.717, 1.165) is 23.1 Å². The van der Waals surface area contributed by atoms with E-state index in [1.54, 1.807) is 6.07 Å². The predicted molar refractivity (Wildman–Crippen MR) is 79.8 cm³/mol. The maximum Gasteiger partial charge on any atom is 0.261 e. The Balaban J connectivity index is 1.60. The highest BCUT2D eigenvalue weighted by atomic mass is 32.1. The second-order valence-electron chi connectivity index (χ2n) is 5.13. The molecule has 0 bridgehead atoms. The van der Waals surface area contributed by atoms with Gasteiger partial charge in [-0.05, 0) is 49.4 Å². The van der Waals surface area contributed by atoms with Gasteiger partial charge in [-0.3, -0.25) is 4.79 Å². The van der Waals surface area contributed by atoms with Gasteiger partial charge in [-0.2, -0.15) is 0 Å². The summed E-state index contributed by atoms with van der Waals surface area (Å²) >= 11 is 1.33. The van der Waals surface area contributed by atoms with Crippen LogP contribution in [0.5, 0.6) is 0 Å². The molecular formula is C15H17FN2OS. The van der Waals surface area contributed by atoms with Gasteiger partial charge < -0.3 is 10.6 Å². The van der Waals surface area contributed by atoms with Crippen molar-refractivity contribution in [1.82, 2.24) is 10.6 Å². The third-order valence-corrected chi connectivity index (χ3v) is 4.74. The Kier molecular flexibility index (Phi) is 3.98. The van der Waals surface area contributed by atoms with Gasteiger partial charge in [0.05, 0.1) is 4.88 Å². The van der Waals surface area contributed by atoms with Crippen LogP contribution in [0.1, 0.15) is 28.9 Å². The molecule has 0 saturated carbocycles. The molecule has 0 radical (unpaired) electrons. The summed E-state index contributed by atoms with van der Waals surface area (Å²) in [4.78, 5) is 12.7. The van der Waals surface area contributed by atoms with Gasteiger partial charge in [0.2, 0.25) is 0 Å². The van der Waals surface area contributed by atoms with Gasteiger partial charge in [0.25, 0.3) is 5.91 Å². The number of thiophene rings is 1. The lowest BCUT2D eigenvalue weighted by molar-refractivity contribution is 0.0956. The second kappa shape index (κ2) is 5.89. The van der Waals surface area contributed by atoms with Gasteiger partial charge in [0.15, 0.2) is 0 Å². The van der Waals surface area contributed by atoms with Crippen LogP contribution >= 0.6 is 11.3 Å². The summed E-state index contributed by atoms with van der Waals surface area (Å²) < 4.78 is 13.9. The molecule has 3 rings (SSSR count). The Morgan fingerprint density at radius 3 is 3.15 bits per heavy atom. The average Bonchev–Trinajstić information content (AvgIpc) is 3.06. The molecule has 1 aliphatic heterocycles. The Labute approximate surface area is 121 Å². The van der Waals surface area contributed by atoms with E-state index in [1.165, 1.54) is 36.3 Å². The van der Waals surface area contributed by atoms with Crippen LogP contribution < -0.4 is 10.6 Å². The van der Waals surface area contributed by atoms with Crippen LogP contribution in [0.3, 0.4) is 0 Å². The van der Waals surface area contributed by atoms with Crippen molar-refractivity contribution in [1.29, 1.82) is 0 Å². The highest BCUT2D eigenvalue weighted by Crippen LogP contribution is 2.26. The van der Waals surface area contributed by atoms with E-state index >= 15 is 0 Å². The monoisotopic (exact) mass is 292 g/mol. The number of amides is 1. The molecular weight excluding hydrogens is 275 g/mol. The van der Waals surface area contributed by atoms with E-state index in [1.807, 2.05) is 6.07 Å². The van der Waals surface area contributed by atoms with Crippen molar-refractivity contribution in [3.63, 3.8) is 0 Å². The first-order chi connectivity index (χ1) is 9.72. The lowest BCUT2D eigenvalue weighted by atomic mass is 10.1. The minimum absolute atomic E-state index is 0.0652. The number of rotatable bonds is 4. The molecule has 0 spiro atoms. The predicted octanol–water partition coefficient (Wildman–Crippen LogP) is 2.91. The number of carbonyl (C=O) groups is 1. The molecule has 5 heteroatoms. The molecule has 3 nitrogen and oxygen atoms in total. The van der Waals surface area contributed by atoms with Crippen molar-refractivity contribution in [3.8, 4) is 0 Å². The second-order valence-corrected chi connectivity index (χ2v) is 6.21. The van der Waals surface area contributed by atoms with Crippen LogP contribution in [0.4, 0.5) is 4.39 Å². The summed E-state index contributed by atoms with van der Waals surface area (Å²) in [6.45, 7) is 1.76. The third kappa shape index (κ3) is 2.99. The molecule has 1 atom stereocenters. The van der Waals surface area contributed by atoms with E-state index in [0.29, 0.717) is 17.5 Å². The average molecular weight is 292 g/mol. The largest absolute Gasteiger partial charge is 0.351 e. The van der Waals surface area contributed by atoms with E-state index in [-0.39, 0.29) is 11.7 Å². The number of hydrogen-bond donors (Lipinski definition) is 2. The summed E-state index contributed by atoms with van der Waals surface area (Å²) in [5.41, 5.74) is 0. The standard InChI is InChI=1S/C15H17FN2OS/c16-11-4-3-10-8-14(20-13(10)9-11)15(19)18-7-5-12-2-1-6-17-12/h3-4,8-9,12,17H,1-2,5-7H2,(H,18,19). The Bertz CT molecular complexity index is 619. The lowest BCUT2D eigenvalue weighted by Crippen LogP contribution is -2.30. The summed E-state index contributed by atoms with van der Waals surface area (Å²) in [6.07, 6.45) is 3.38. The van der Waals surface area contributed by atoms with E-state index < -0.39 is 0 Å². The fourth-order valence-corrected chi connectivity index (χ4v) is 3.57. The highest BCUT2D eigenvalue weighted by Gasteiger charge is 2.15. The van der Waals surface area contributed by atoms with Crippen molar-refractivity contribution < 1.29 is 9.18 Å². The van der Waals surface area contributed by atoms with Gasteiger partial charge in [-0.25, -0.2) is 4.39 Å². The summed E-state index contributed by atoms with van der Waals surface area (Å²) in [6, 6.07) is 6.96. The zero-order chi connectivity index (χ0) is 13.9. The highest BCUT2D eigenvalue weighted by molar-refractivity contribution is 7.20. The molecule has 2 N–H and O–H groups in total. The number of hydrogen-bond acceptors (Lipinski definition) is 3. The topological polar surface area (TPSA) is 41.1 Å². The molecule has 106 valence electrons. The first-order valence-electron chi connectivity index (χ1n) is 6.93. The molecule has 1 unspecified atom stereocenters. The number of fused-ring (bicyclic) bond motifs is 1. The number of nitrogens with one attached hydrogen (secondary N) is 2. The van der Waals surface area contributed by atoms with E-state index in [2.05, 4.69) is 10.6 Å². The molecule has 20 heavy (non-hydrogen) atoms. The number of carbonyl (C=O) groups excluding carboxylic acids is 1. The maximum atomic E-state index is 13.1. The van der Waals surface area contributed by atoms with Gasteiger partial charge in [0, 0.05) is 17.3 Å². The third-order valence-electron chi connectivity index (χ3n) is 3.65. The molecule has 1 fully saturated rings. The lowest BCUT2D eigenvalue weighted by Gasteiger charge is -2.09. The zero-order valence-corrected chi connectivity index (χ0v) is 11.9. The molecule has 1 aliphatic rings. The van der Waals surface area contributed by atoms with Crippen LogP contribution in [0.25, 0.3) is 10.1 Å². The quantitative estimate of drug-likeness (QED) is 0.909. The normalized spacial score (nSPS) is 18.6. The smallest absolute Gasteiger partial charge is 0.261 e.